The van der Waals surface area contributed by atoms with E-state index in [9.17, 15) is 9.59 Å². The van der Waals surface area contributed by atoms with Crippen LogP contribution in [0.15, 0.2) is 24.3 Å². The van der Waals surface area contributed by atoms with E-state index in [1.807, 2.05) is 29.2 Å². The quantitative estimate of drug-likeness (QED) is 0.801. The molecule has 114 valence electrons. The van der Waals surface area contributed by atoms with Gasteiger partial charge in [-0.3, -0.25) is 9.59 Å². The van der Waals surface area contributed by atoms with E-state index < -0.39 is 0 Å². The first kappa shape index (κ1) is 15.5. The average Bonchev–Trinajstić information content (AvgIpc) is 2.54. The zero-order valence-electron chi connectivity index (χ0n) is 12.8. The average molecular weight is 289 g/mol. The Bertz CT molecular complexity index is 495. The van der Waals surface area contributed by atoms with Crippen LogP contribution in [0.2, 0.25) is 0 Å². The van der Waals surface area contributed by atoms with Crippen molar-refractivity contribution >= 4 is 11.9 Å². The molecule has 1 amide bonds. The SMILES string of the molecule is CCc1ccc(C(=O)N2CCCCC2CC(=O)OC)cc1. The van der Waals surface area contributed by atoms with E-state index in [-0.39, 0.29) is 24.3 Å². The second kappa shape index (κ2) is 7.25. The van der Waals surface area contributed by atoms with Crippen LogP contribution in [0.1, 0.15) is 48.5 Å². The number of ether oxygens (including phenoxy) is 1. The number of hydrogen-bond acceptors (Lipinski definition) is 3. The lowest BCUT2D eigenvalue weighted by Gasteiger charge is -2.35. The van der Waals surface area contributed by atoms with Gasteiger partial charge in [0.1, 0.15) is 0 Å². The third kappa shape index (κ3) is 3.84. The number of nitrogens with zero attached hydrogens (tertiary/aromatic N) is 1. The fraction of sp³-hybridized carbons (Fsp3) is 0.529. The number of amides is 1. The van der Waals surface area contributed by atoms with Crippen molar-refractivity contribution in [2.45, 2.75) is 45.1 Å². The predicted molar refractivity (Wildman–Crippen MR) is 81.1 cm³/mol. The third-order valence-corrected chi connectivity index (χ3v) is 4.13. The predicted octanol–water partition coefficient (Wildman–Crippen LogP) is 2.81. The van der Waals surface area contributed by atoms with Gasteiger partial charge in [0, 0.05) is 18.2 Å². The minimum atomic E-state index is -0.249. The van der Waals surface area contributed by atoms with Crippen molar-refractivity contribution in [2.24, 2.45) is 0 Å². The molecule has 4 nitrogen and oxygen atoms in total. The van der Waals surface area contributed by atoms with Gasteiger partial charge in [-0.15, -0.1) is 0 Å². The topological polar surface area (TPSA) is 46.6 Å². The summed E-state index contributed by atoms with van der Waals surface area (Å²) in [6.45, 7) is 2.81. The van der Waals surface area contributed by atoms with Crippen LogP contribution in [0, 0.1) is 0 Å². The standard InChI is InChI=1S/C17H23NO3/c1-3-13-7-9-14(10-8-13)17(20)18-11-5-4-6-15(18)12-16(19)21-2/h7-10,15H,3-6,11-12H2,1-2H3. The first-order valence-electron chi connectivity index (χ1n) is 7.62. The lowest BCUT2D eigenvalue weighted by Crippen LogP contribution is -2.44. The number of carbonyl (C=O) groups excluding carboxylic acids is 2. The van der Waals surface area contributed by atoms with Crippen LogP contribution in [-0.2, 0) is 16.0 Å². The van der Waals surface area contributed by atoms with E-state index in [0.717, 1.165) is 32.2 Å². The molecule has 0 aliphatic carbocycles. The zero-order valence-corrected chi connectivity index (χ0v) is 12.8. The van der Waals surface area contributed by atoms with Gasteiger partial charge >= 0.3 is 5.97 Å². The highest BCUT2D eigenvalue weighted by molar-refractivity contribution is 5.94. The molecule has 1 atom stereocenters. The van der Waals surface area contributed by atoms with E-state index in [4.69, 9.17) is 4.74 Å². The van der Waals surface area contributed by atoms with Gasteiger partial charge in [-0.25, -0.2) is 0 Å². The Balaban J connectivity index is 2.11. The Kier molecular flexibility index (Phi) is 5.37. The maximum Gasteiger partial charge on any atom is 0.307 e. The number of methoxy groups -OCH3 is 1. The van der Waals surface area contributed by atoms with Crippen LogP contribution in [0.5, 0.6) is 0 Å². The number of carbonyl (C=O) groups is 2. The lowest BCUT2D eigenvalue weighted by atomic mass is 9.98. The molecule has 21 heavy (non-hydrogen) atoms. The highest BCUT2D eigenvalue weighted by Gasteiger charge is 2.29. The number of esters is 1. The zero-order chi connectivity index (χ0) is 15.2. The molecule has 1 saturated heterocycles. The minimum absolute atomic E-state index is 0.0197. The third-order valence-electron chi connectivity index (χ3n) is 4.13. The number of likely N-dealkylation sites (tertiary alicyclic amines) is 1. The Morgan fingerprint density at radius 3 is 2.57 bits per heavy atom. The smallest absolute Gasteiger partial charge is 0.307 e. The van der Waals surface area contributed by atoms with Gasteiger partial charge in [-0.2, -0.15) is 0 Å². The molecular formula is C17H23NO3. The van der Waals surface area contributed by atoms with Crippen LogP contribution in [0.25, 0.3) is 0 Å². The molecular weight excluding hydrogens is 266 g/mol. The molecule has 0 bridgehead atoms. The monoisotopic (exact) mass is 289 g/mol. The summed E-state index contributed by atoms with van der Waals surface area (Å²) in [5.74, 6) is -0.229. The van der Waals surface area contributed by atoms with Crippen molar-refractivity contribution in [3.05, 3.63) is 35.4 Å². The van der Waals surface area contributed by atoms with Crippen LogP contribution in [0.4, 0.5) is 0 Å². The summed E-state index contributed by atoms with van der Waals surface area (Å²) in [4.78, 5) is 26.0. The fourth-order valence-corrected chi connectivity index (χ4v) is 2.80. The molecule has 0 N–H and O–H groups in total. The molecule has 0 radical (unpaired) electrons. The van der Waals surface area contributed by atoms with Gasteiger partial charge in [-0.1, -0.05) is 19.1 Å². The van der Waals surface area contributed by atoms with Crippen molar-refractivity contribution < 1.29 is 14.3 Å². The van der Waals surface area contributed by atoms with Crippen molar-refractivity contribution in [1.82, 2.24) is 4.90 Å². The molecule has 1 aliphatic heterocycles. The van der Waals surface area contributed by atoms with Crippen LogP contribution >= 0.6 is 0 Å². The Labute approximate surface area is 126 Å². The molecule has 1 unspecified atom stereocenters. The summed E-state index contributed by atoms with van der Waals surface area (Å²) >= 11 is 0. The molecule has 1 fully saturated rings. The molecule has 0 saturated carbocycles. The van der Waals surface area contributed by atoms with E-state index >= 15 is 0 Å². The van der Waals surface area contributed by atoms with Gasteiger partial charge in [0.05, 0.1) is 13.5 Å². The van der Waals surface area contributed by atoms with E-state index in [1.165, 1.54) is 12.7 Å². The normalized spacial score (nSPS) is 18.4. The van der Waals surface area contributed by atoms with Gasteiger partial charge in [0.25, 0.3) is 5.91 Å². The fourth-order valence-electron chi connectivity index (χ4n) is 2.80. The second-order valence-electron chi connectivity index (χ2n) is 5.48. The molecule has 1 aromatic carbocycles. The van der Waals surface area contributed by atoms with Gasteiger partial charge in [-0.05, 0) is 43.4 Å². The first-order valence-corrected chi connectivity index (χ1v) is 7.62. The van der Waals surface area contributed by atoms with Crippen LogP contribution in [0.3, 0.4) is 0 Å². The molecule has 2 rings (SSSR count). The second-order valence-corrected chi connectivity index (χ2v) is 5.48. The van der Waals surface area contributed by atoms with Crippen LogP contribution < -0.4 is 0 Å². The van der Waals surface area contributed by atoms with Crippen molar-refractivity contribution in [1.29, 1.82) is 0 Å². The molecule has 4 heteroatoms. The van der Waals surface area contributed by atoms with Crippen molar-refractivity contribution in [2.75, 3.05) is 13.7 Å². The van der Waals surface area contributed by atoms with Crippen LogP contribution in [-0.4, -0.2) is 36.5 Å². The summed E-state index contributed by atoms with van der Waals surface area (Å²) in [7, 11) is 1.39. The Morgan fingerprint density at radius 1 is 1.24 bits per heavy atom. The largest absolute Gasteiger partial charge is 0.469 e. The molecule has 1 aromatic rings. The van der Waals surface area contributed by atoms with Gasteiger partial charge < -0.3 is 9.64 Å². The van der Waals surface area contributed by atoms with Gasteiger partial charge in [0.15, 0.2) is 0 Å². The molecule has 0 aromatic heterocycles. The highest BCUT2D eigenvalue weighted by Crippen LogP contribution is 2.22. The summed E-state index contributed by atoms with van der Waals surface area (Å²) in [5.41, 5.74) is 1.92. The number of hydrogen-bond donors (Lipinski definition) is 0. The summed E-state index contributed by atoms with van der Waals surface area (Å²) in [5, 5.41) is 0. The summed E-state index contributed by atoms with van der Waals surface area (Å²) < 4.78 is 4.74. The summed E-state index contributed by atoms with van der Waals surface area (Å²) in [6, 6.07) is 7.71. The minimum Gasteiger partial charge on any atom is -0.469 e. The molecule has 1 aliphatic rings. The Hall–Kier alpha value is -1.84. The van der Waals surface area contributed by atoms with E-state index in [0.29, 0.717) is 5.56 Å². The van der Waals surface area contributed by atoms with Gasteiger partial charge in [0.2, 0.25) is 0 Å². The van der Waals surface area contributed by atoms with Crippen molar-refractivity contribution in [3.8, 4) is 0 Å². The van der Waals surface area contributed by atoms with Crippen molar-refractivity contribution in [3.63, 3.8) is 0 Å². The number of piperidine rings is 1. The van der Waals surface area contributed by atoms with E-state index in [1.54, 1.807) is 0 Å². The molecule has 0 spiro atoms. The summed E-state index contributed by atoms with van der Waals surface area (Å²) in [6.07, 6.45) is 4.17. The lowest BCUT2D eigenvalue weighted by molar-refractivity contribution is -0.142. The maximum absolute atomic E-state index is 12.7. The molecule has 1 heterocycles. The number of benzene rings is 1. The maximum atomic E-state index is 12.7. The number of rotatable bonds is 4. The number of aryl methyl sites for hydroxylation is 1. The Morgan fingerprint density at radius 2 is 1.95 bits per heavy atom. The van der Waals surface area contributed by atoms with E-state index in [2.05, 4.69) is 6.92 Å². The highest BCUT2D eigenvalue weighted by atomic mass is 16.5. The first-order chi connectivity index (χ1) is 10.2.